The molecule has 128 valence electrons. The highest BCUT2D eigenvalue weighted by Crippen LogP contribution is 2.16. The smallest absolute Gasteiger partial charge is 0.248 e. The molecule has 1 aromatic heterocycles. The average Bonchev–Trinajstić information content (AvgIpc) is 2.99. The van der Waals surface area contributed by atoms with E-state index in [1.807, 2.05) is 26.0 Å². The standard InChI is InChI=1S/C18H18FN5S/c1-12-3-8-16(13(2)9-12)21-18(25)22-17-20-11-24(23-17)10-14-4-6-15(19)7-5-14/h3-9,11H,10H2,1-2H3,(H2,21,22,23,25). The molecule has 3 rings (SSSR count). The third-order valence-electron chi connectivity index (χ3n) is 3.65. The van der Waals surface area contributed by atoms with Crippen LogP contribution in [0.2, 0.25) is 0 Å². The number of nitrogens with zero attached hydrogens (tertiary/aromatic N) is 3. The summed E-state index contributed by atoms with van der Waals surface area (Å²) in [6.07, 6.45) is 1.60. The van der Waals surface area contributed by atoms with E-state index in [0.29, 0.717) is 17.6 Å². The molecule has 0 radical (unpaired) electrons. The van der Waals surface area contributed by atoms with Crippen LogP contribution in [0.3, 0.4) is 0 Å². The van der Waals surface area contributed by atoms with Gasteiger partial charge in [-0.3, -0.25) is 5.32 Å². The van der Waals surface area contributed by atoms with Gasteiger partial charge in [-0.15, -0.1) is 5.10 Å². The lowest BCUT2D eigenvalue weighted by Crippen LogP contribution is -2.20. The minimum atomic E-state index is -0.257. The van der Waals surface area contributed by atoms with Gasteiger partial charge in [0.1, 0.15) is 12.1 Å². The van der Waals surface area contributed by atoms with E-state index in [9.17, 15) is 4.39 Å². The lowest BCUT2D eigenvalue weighted by molar-refractivity contribution is 0.624. The highest BCUT2D eigenvalue weighted by molar-refractivity contribution is 7.80. The number of aryl methyl sites for hydroxylation is 2. The molecule has 25 heavy (non-hydrogen) atoms. The first-order chi connectivity index (χ1) is 12.0. The van der Waals surface area contributed by atoms with Crippen molar-refractivity contribution < 1.29 is 4.39 Å². The first-order valence-electron chi connectivity index (χ1n) is 7.79. The molecule has 0 fully saturated rings. The van der Waals surface area contributed by atoms with Gasteiger partial charge in [-0.2, -0.15) is 0 Å². The van der Waals surface area contributed by atoms with Crippen molar-refractivity contribution in [2.45, 2.75) is 20.4 Å². The van der Waals surface area contributed by atoms with Crippen molar-refractivity contribution in [1.82, 2.24) is 14.8 Å². The van der Waals surface area contributed by atoms with Crippen molar-refractivity contribution in [3.63, 3.8) is 0 Å². The van der Waals surface area contributed by atoms with E-state index in [1.54, 1.807) is 23.1 Å². The summed E-state index contributed by atoms with van der Waals surface area (Å²) in [5.74, 6) is 0.150. The van der Waals surface area contributed by atoms with Crippen molar-refractivity contribution in [2.24, 2.45) is 0 Å². The van der Waals surface area contributed by atoms with E-state index in [4.69, 9.17) is 12.2 Å². The molecule has 7 heteroatoms. The maximum atomic E-state index is 12.9. The fourth-order valence-electron chi connectivity index (χ4n) is 2.41. The minimum absolute atomic E-state index is 0.257. The van der Waals surface area contributed by atoms with E-state index in [2.05, 4.69) is 26.8 Å². The fraction of sp³-hybridized carbons (Fsp3) is 0.167. The fourth-order valence-corrected chi connectivity index (χ4v) is 2.62. The molecule has 3 aromatic rings. The number of hydrogen-bond acceptors (Lipinski definition) is 3. The Morgan fingerprint density at radius 1 is 1.12 bits per heavy atom. The molecule has 0 spiro atoms. The number of thiocarbonyl (C=S) groups is 1. The molecule has 0 aliphatic rings. The van der Waals surface area contributed by atoms with Crippen molar-refractivity contribution in [2.75, 3.05) is 10.6 Å². The number of benzene rings is 2. The Hall–Kier alpha value is -2.80. The van der Waals surface area contributed by atoms with Gasteiger partial charge in [-0.25, -0.2) is 14.1 Å². The topological polar surface area (TPSA) is 54.8 Å². The summed E-state index contributed by atoms with van der Waals surface area (Å²) in [6.45, 7) is 4.57. The quantitative estimate of drug-likeness (QED) is 0.696. The SMILES string of the molecule is Cc1ccc(NC(=S)Nc2ncn(Cc3ccc(F)cc3)n2)c(C)c1. The molecule has 0 saturated carbocycles. The first-order valence-corrected chi connectivity index (χ1v) is 8.19. The van der Waals surface area contributed by atoms with E-state index in [1.165, 1.54) is 17.7 Å². The molecule has 0 atom stereocenters. The summed E-state index contributed by atoms with van der Waals surface area (Å²) < 4.78 is 14.6. The van der Waals surface area contributed by atoms with Crippen LogP contribution in [-0.4, -0.2) is 19.9 Å². The molecule has 0 saturated heterocycles. The van der Waals surface area contributed by atoms with Crippen LogP contribution < -0.4 is 10.6 Å². The molecular formula is C18H18FN5S. The number of anilines is 2. The predicted octanol–water partition coefficient (Wildman–Crippen LogP) is 3.89. The molecule has 0 aliphatic heterocycles. The maximum Gasteiger partial charge on any atom is 0.248 e. The summed E-state index contributed by atoms with van der Waals surface area (Å²) >= 11 is 5.31. The van der Waals surface area contributed by atoms with E-state index >= 15 is 0 Å². The van der Waals surface area contributed by atoms with Gasteiger partial charge in [0, 0.05) is 5.69 Å². The van der Waals surface area contributed by atoms with Crippen LogP contribution in [-0.2, 0) is 6.54 Å². The van der Waals surface area contributed by atoms with E-state index in [0.717, 1.165) is 16.8 Å². The van der Waals surface area contributed by atoms with Crippen LogP contribution in [0, 0.1) is 19.7 Å². The summed E-state index contributed by atoms with van der Waals surface area (Å²) in [6, 6.07) is 12.4. The number of hydrogen-bond donors (Lipinski definition) is 2. The molecule has 5 nitrogen and oxygen atoms in total. The van der Waals surface area contributed by atoms with Crippen molar-refractivity contribution in [3.8, 4) is 0 Å². The average molecular weight is 355 g/mol. The molecule has 1 heterocycles. The van der Waals surface area contributed by atoms with Gasteiger partial charge < -0.3 is 5.32 Å². The maximum absolute atomic E-state index is 12.9. The molecular weight excluding hydrogens is 337 g/mol. The Labute approximate surface area is 150 Å². The molecule has 0 aliphatic carbocycles. The zero-order valence-corrected chi connectivity index (χ0v) is 14.8. The third-order valence-corrected chi connectivity index (χ3v) is 3.85. The zero-order valence-electron chi connectivity index (χ0n) is 14.0. The van der Waals surface area contributed by atoms with E-state index < -0.39 is 0 Å². The summed E-state index contributed by atoms with van der Waals surface area (Å²) in [5.41, 5.74) is 4.18. The van der Waals surface area contributed by atoms with Crippen molar-refractivity contribution in [1.29, 1.82) is 0 Å². The van der Waals surface area contributed by atoms with Crippen LogP contribution in [0.25, 0.3) is 0 Å². The first kappa shape index (κ1) is 17.0. The van der Waals surface area contributed by atoms with Crippen LogP contribution >= 0.6 is 12.2 Å². The van der Waals surface area contributed by atoms with Gasteiger partial charge >= 0.3 is 0 Å². The monoisotopic (exact) mass is 355 g/mol. The van der Waals surface area contributed by atoms with Gasteiger partial charge in [0.15, 0.2) is 5.11 Å². The Morgan fingerprint density at radius 3 is 2.60 bits per heavy atom. The van der Waals surface area contributed by atoms with Gasteiger partial charge in [0.2, 0.25) is 5.95 Å². The molecule has 2 aromatic carbocycles. The van der Waals surface area contributed by atoms with Crippen molar-refractivity contribution in [3.05, 3.63) is 71.3 Å². The summed E-state index contributed by atoms with van der Waals surface area (Å²) in [5, 5.41) is 10.8. The van der Waals surface area contributed by atoms with Gasteiger partial charge in [0.05, 0.1) is 6.54 Å². The molecule has 0 bridgehead atoms. The second-order valence-electron chi connectivity index (χ2n) is 5.79. The number of halogens is 1. The number of rotatable bonds is 4. The minimum Gasteiger partial charge on any atom is -0.332 e. The predicted molar refractivity (Wildman–Crippen MR) is 101 cm³/mol. The van der Waals surface area contributed by atoms with Crippen LogP contribution in [0.15, 0.2) is 48.8 Å². The lowest BCUT2D eigenvalue weighted by Gasteiger charge is -2.11. The largest absolute Gasteiger partial charge is 0.332 e. The normalized spacial score (nSPS) is 10.5. The van der Waals surface area contributed by atoms with Crippen LogP contribution in [0.1, 0.15) is 16.7 Å². The highest BCUT2D eigenvalue weighted by Gasteiger charge is 2.06. The second-order valence-corrected chi connectivity index (χ2v) is 6.20. The lowest BCUT2D eigenvalue weighted by atomic mass is 10.1. The zero-order chi connectivity index (χ0) is 17.8. The van der Waals surface area contributed by atoms with Gasteiger partial charge in [-0.05, 0) is 55.4 Å². The van der Waals surface area contributed by atoms with Crippen LogP contribution in [0.5, 0.6) is 0 Å². The van der Waals surface area contributed by atoms with E-state index in [-0.39, 0.29) is 5.82 Å². The van der Waals surface area contributed by atoms with Gasteiger partial charge in [-0.1, -0.05) is 29.8 Å². The number of nitrogens with one attached hydrogen (secondary N) is 2. The van der Waals surface area contributed by atoms with Crippen molar-refractivity contribution >= 4 is 29.0 Å². The summed E-state index contributed by atoms with van der Waals surface area (Å²) in [4.78, 5) is 4.19. The van der Waals surface area contributed by atoms with Gasteiger partial charge in [0.25, 0.3) is 0 Å². The Kier molecular flexibility index (Phi) is 5.04. The number of aromatic nitrogens is 3. The highest BCUT2D eigenvalue weighted by atomic mass is 32.1. The Balaban J connectivity index is 1.60. The second kappa shape index (κ2) is 7.40. The molecule has 0 amide bonds. The molecule has 2 N–H and O–H groups in total. The summed E-state index contributed by atoms with van der Waals surface area (Å²) in [7, 11) is 0. The molecule has 0 unspecified atom stereocenters. The third kappa shape index (κ3) is 4.60. The Bertz CT molecular complexity index is 889. The van der Waals surface area contributed by atoms with Crippen LogP contribution in [0.4, 0.5) is 16.0 Å². The Morgan fingerprint density at radius 2 is 1.88 bits per heavy atom.